The smallest absolute Gasteiger partial charge is 0.346 e. The fraction of sp³-hybridized carbons (Fsp3) is 0. The first-order chi connectivity index (χ1) is 12.1. The third-order valence-electron chi connectivity index (χ3n) is 2.76. The van der Waals surface area contributed by atoms with Gasteiger partial charge in [0.1, 0.15) is 0 Å². The maximum absolute atomic E-state index is 10.2. The van der Waals surface area contributed by atoms with Crippen molar-refractivity contribution in [3.63, 3.8) is 0 Å². The average Bonchev–Trinajstić information content (AvgIpc) is 2.64. The highest BCUT2D eigenvalue weighted by Crippen LogP contribution is 2.24. The van der Waals surface area contributed by atoms with Crippen LogP contribution in [0.1, 0.15) is 0 Å². The number of para-hydroxylation sites is 2. The highest BCUT2D eigenvalue weighted by molar-refractivity contribution is 5.51. The molecule has 0 aliphatic heterocycles. The van der Waals surface area contributed by atoms with Gasteiger partial charge < -0.3 is 4.74 Å². The monoisotopic (exact) mass is 340 g/mol. The van der Waals surface area contributed by atoms with Crippen LogP contribution in [-0.2, 0) is 0 Å². The van der Waals surface area contributed by atoms with Crippen LogP contribution in [0.4, 0.5) is 11.4 Å². The maximum atomic E-state index is 10.2. The molecule has 0 N–H and O–H groups in total. The molecule has 3 aromatic rings. The summed E-state index contributed by atoms with van der Waals surface area (Å²) in [5.41, 5.74) is -0.968. The summed E-state index contributed by atoms with van der Waals surface area (Å²) < 4.78 is 5.36. The van der Waals surface area contributed by atoms with Crippen molar-refractivity contribution < 1.29 is 14.6 Å². The van der Waals surface area contributed by atoms with E-state index >= 15 is 0 Å². The zero-order valence-corrected chi connectivity index (χ0v) is 12.8. The Kier molecular flexibility index (Phi) is 6.06. The van der Waals surface area contributed by atoms with E-state index in [1.807, 2.05) is 24.3 Å². The zero-order valence-electron chi connectivity index (χ0n) is 12.8. The van der Waals surface area contributed by atoms with Gasteiger partial charge in [-0.25, -0.2) is 9.97 Å². The van der Waals surface area contributed by atoms with Crippen LogP contribution < -0.4 is 4.74 Å². The number of nitro groups is 2. The fourth-order valence-electron chi connectivity index (χ4n) is 1.70. The van der Waals surface area contributed by atoms with Crippen molar-refractivity contribution in [1.29, 1.82) is 0 Å². The number of nitrogens with zero attached hydrogens (tertiary/aromatic N) is 4. The predicted octanol–water partition coefficient (Wildman–Crippen LogP) is 3.77. The molecule has 9 heteroatoms. The van der Waals surface area contributed by atoms with Crippen molar-refractivity contribution in [2.45, 2.75) is 0 Å². The van der Waals surface area contributed by atoms with Crippen LogP contribution in [-0.4, -0.2) is 19.8 Å². The molecule has 0 radical (unpaired) electrons. The number of aromatic nitrogens is 2. The molecule has 9 nitrogen and oxygen atoms in total. The normalized spacial score (nSPS) is 9.44. The minimum absolute atomic E-state index is 0.484. The maximum Gasteiger partial charge on any atom is 0.346 e. The van der Waals surface area contributed by atoms with Gasteiger partial charge in [0.05, 0.1) is 9.85 Å². The standard InChI is InChI=1S/C10H8N2O.C6H4N2O4/c1-3-7-11-9(5-1)13-10-6-2-4-8-12-10;9-7(10)5-3-1-2-4-6(5)8(11)12/h1-8H;1-4H. The molecule has 0 aliphatic carbocycles. The number of nitro benzene ring substituents is 2. The van der Waals surface area contributed by atoms with Gasteiger partial charge in [-0.1, -0.05) is 24.3 Å². The number of hydrogen-bond acceptors (Lipinski definition) is 7. The largest absolute Gasteiger partial charge is 0.421 e. The summed E-state index contributed by atoms with van der Waals surface area (Å²) in [4.78, 5) is 26.9. The van der Waals surface area contributed by atoms with Gasteiger partial charge in [-0.05, 0) is 12.1 Å². The molecule has 0 bridgehead atoms. The van der Waals surface area contributed by atoms with Gasteiger partial charge in [0, 0.05) is 36.7 Å². The summed E-state index contributed by atoms with van der Waals surface area (Å²) in [7, 11) is 0. The minimum Gasteiger partial charge on any atom is -0.421 e. The molecule has 25 heavy (non-hydrogen) atoms. The van der Waals surface area contributed by atoms with E-state index < -0.39 is 21.2 Å². The Balaban J connectivity index is 0.000000181. The van der Waals surface area contributed by atoms with Crippen molar-refractivity contribution in [2.75, 3.05) is 0 Å². The number of benzene rings is 1. The van der Waals surface area contributed by atoms with Crippen molar-refractivity contribution in [3.05, 3.63) is 93.3 Å². The van der Waals surface area contributed by atoms with E-state index in [1.165, 1.54) is 12.1 Å². The first kappa shape index (κ1) is 17.5. The molecule has 0 saturated heterocycles. The van der Waals surface area contributed by atoms with Gasteiger partial charge in [0.2, 0.25) is 11.8 Å². The predicted molar refractivity (Wildman–Crippen MR) is 88.3 cm³/mol. The Morgan fingerprint density at radius 1 is 0.680 bits per heavy atom. The second kappa shape index (κ2) is 8.67. The van der Waals surface area contributed by atoms with Crippen LogP contribution >= 0.6 is 0 Å². The Morgan fingerprint density at radius 2 is 1.08 bits per heavy atom. The zero-order chi connectivity index (χ0) is 18.1. The lowest BCUT2D eigenvalue weighted by molar-refractivity contribution is -0.422. The van der Waals surface area contributed by atoms with Crippen molar-refractivity contribution in [2.24, 2.45) is 0 Å². The van der Waals surface area contributed by atoms with Crippen LogP contribution in [0, 0.1) is 20.2 Å². The van der Waals surface area contributed by atoms with E-state index in [0.29, 0.717) is 11.8 Å². The molecule has 0 fully saturated rings. The Morgan fingerprint density at radius 3 is 1.40 bits per heavy atom. The third kappa shape index (κ3) is 5.36. The van der Waals surface area contributed by atoms with Crippen LogP contribution in [0.25, 0.3) is 0 Å². The molecular weight excluding hydrogens is 328 g/mol. The second-order valence-electron chi connectivity index (χ2n) is 4.44. The van der Waals surface area contributed by atoms with Crippen molar-refractivity contribution in [1.82, 2.24) is 9.97 Å². The van der Waals surface area contributed by atoms with E-state index in [-0.39, 0.29) is 0 Å². The van der Waals surface area contributed by atoms with Gasteiger partial charge in [-0.3, -0.25) is 20.2 Å². The lowest BCUT2D eigenvalue weighted by Crippen LogP contribution is -1.95. The number of ether oxygens (including phenoxy) is 1. The summed E-state index contributed by atoms with van der Waals surface area (Å²) in [6, 6.07) is 15.9. The molecule has 0 atom stereocenters. The quantitative estimate of drug-likeness (QED) is 0.523. The van der Waals surface area contributed by atoms with Gasteiger partial charge in [0.25, 0.3) is 0 Å². The molecule has 2 aromatic heterocycles. The molecule has 2 heterocycles. The molecular formula is C16H12N4O5. The van der Waals surface area contributed by atoms with Crippen LogP contribution in [0.15, 0.2) is 73.1 Å². The number of pyridine rings is 2. The van der Waals surface area contributed by atoms with E-state index in [2.05, 4.69) is 9.97 Å². The van der Waals surface area contributed by atoms with Gasteiger partial charge >= 0.3 is 11.4 Å². The SMILES string of the molecule is O=[N+]([O-])c1ccccc1[N+](=O)[O-].c1ccc(Oc2ccccn2)nc1. The first-order valence-electron chi connectivity index (χ1n) is 6.95. The molecule has 126 valence electrons. The molecule has 0 amide bonds. The Labute approximate surface area is 141 Å². The van der Waals surface area contributed by atoms with E-state index in [9.17, 15) is 20.2 Å². The lowest BCUT2D eigenvalue weighted by Gasteiger charge is -2.00. The topological polar surface area (TPSA) is 121 Å². The molecule has 0 saturated carbocycles. The van der Waals surface area contributed by atoms with Crippen LogP contribution in [0.3, 0.4) is 0 Å². The highest BCUT2D eigenvalue weighted by atomic mass is 16.6. The van der Waals surface area contributed by atoms with Gasteiger partial charge in [-0.15, -0.1) is 0 Å². The molecule has 0 spiro atoms. The van der Waals surface area contributed by atoms with Crippen molar-refractivity contribution >= 4 is 11.4 Å². The third-order valence-corrected chi connectivity index (χ3v) is 2.76. The molecule has 0 aliphatic rings. The van der Waals surface area contributed by atoms with Crippen molar-refractivity contribution in [3.8, 4) is 11.8 Å². The molecule has 1 aromatic carbocycles. The minimum atomic E-state index is -0.780. The summed E-state index contributed by atoms with van der Waals surface area (Å²) >= 11 is 0. The van der Waals surface area contributed by atoms with E-state index in [4.69, 9.17) is 4.74 Å². The second-order valence-corrected chi connectivity index (χ2v) is 4.44. The Bertz CT molecular complexity index is 773. The fourth-order valence-corrected chi connectivity index (χ4v) is 1.70. The first-order valence-corrected chi connectivity index (χ1v) is 6.95. The van der Waals surface area contributed by atoms with E-state index in [1.54, 1.807) is 24.5 Å². The average molecular weight is 340 g/mol. The Hall–Kier alpha value is -3.88. The highest BCUT2D eigenvalue weighted by Gasteiger charge is 2.21. The molecule has 3 rings (SSSR count). The summed E-state index contributed by atoms with van der Waals surface area (Å²) in [6.07, 6.45) is 3.36. The molecule has 0 unspecified atom stereocenters. The summed E-state index contributed by atoms with van der Waals surface area (Å²) in [5.74, 6) is 1.11. The number of hydrogen-bond donors (Lipinski definition) is 0. The van der Waals surface area contributed by atoms with E-state index in [0.717, 1.165) is 12.1 Å². The van der Waals surface area contributed by atoms with Gasteiger partial charge in [-0.2, -0.15) is 0 Å². The lowest BCUT2D eigenvalue weighted by atomic mass is 10.3. The van der Waals surface area contributed by atoms with Gasteiger partial charge in [0.15, 0.2) is 0 Å². The number of rotatable bonds is 4. The summed E-state index contributed by atoms with van der Waals surface area (Å²) in [6.45, 7) is 0. The van der Waals surface area contributed by atoms with Crippen LogP contribution in [0.5, 0.6) is 11.8 Å². The van der Waals surface area contributed by atoms with Crippen LogP contribution in [0.2, 0.25) is 0 Å². The summed E-state index contributed by atoms with van der Waals surface area (Å²) in [5, 5.41) is 20.5.